The Morgan fingerprint density at radius 3 is 2.65 bits per heavy atom. The lowest BCUT2D eigenvalue weighted by Gasteiger charge is -2.49. The zero-order valence-corrected chi connectivity index (χ0v) is 20.4. The first-order chi connectivity index (χ1) is 16.5. The van der Waals surface area contributed by atoms with Gasteiger partial charge in [-0.1, -0.05) is 36.9 Å². The number of halogens is 1. The first kappa shape index (κ1) is 23.1. The van der Waals surface area contributed by atoms with Gasteiger partial charge in [-0.3, -0.25) is 9.69 Å². The topological polar surface area (TPSA) is 92.3 Å². The molecular weight excluding hydrogens is 450 g/mol. The van der Waals surface area contributed by atoms with Crippen molar-refractivity contribution >= 4 is 34.4 Å². The molecule has 8 nitrogen and oxygen atoms in total. The molecule has 2 aliphatic rings. The largest absolute Gasteiger partial charge is 0.368 e. The molecule has 3 N–H and O–H groups in total. The van der Waals surface area contributed by atoms with Crippen LogP contribution in [0.15, 0.2) is 36.7 Å². The van der Waals surface area contributed by atoms with Gasteiger partial charge in [-0.2, -0.15) is 4.98 Å². The summed E-state index contributed by atoms with van der Waals surface area (Å²) in [4.78, 5) is 26.9. The number of fused-ring (bicyclic) bond motifs is 1. The molecule has 2 aromatic heterocycles. The summed E-state index contributed by atoms with van der Waals surface area (Å²) in [5.74, 6) is 0.664. The van der Waals surface area contributed by atoms with E-state index in [2.05, 4.69) is 32.1 Å². The van der Waals surface area contributed by atoms with Gasteiger partial charge in [0.2, 0.25) is 5.95 Å². The molecule has 180 valence electrons. The highest BCUT2D eigenvalue weighted by Crippen LogP contribution is 2.35. The van der Waals surface area contributed by atoms with Crippen LogP contribution in [0.25, 0.3) is 16.7 Å². The third kappa shape index (κ3) is 4.37. The van der Waals surface area contributed by atoms with Gasteiger partial charge in [-0.25, -0.2) is 4.98 Å². The minimum atomic E-state index is -0.113. The number of nitrogens with zero attached hydrogens (tertiary/aromatic N) is 5. The summed E-state index contributed by atoms with van der Waals surface area (Å²) in [5, 5.41) is 4.55. The van der Waals surface area contributed by atoms with Crippen LogP contribution in [0.2, 0.25) is 5.02 Å². The van der Waals surface area contributed by atoms with Crippen molar-refractivity contribution in [3.05, 3.63) is 47.2 Å². The molecule has 9 heteroatoms. The van der Waals surface area contributed by atoms with Crippen LogP contribution in [-0.2, 0) is 0 Å². The van der Waals surface area contributed by atoms with Gasteiger partial charge in [0.1, 0.15) is 5.82 Å². The van der Waals surface area contributed by atoms with E-state index >= 15 is 0 Å². The Balaban J connectivity index is 1.44. The lowest BCUT2D eigenvalue weighted by atomic mass is 9.79. The molecule has 3 heterocycles. The van der Waals surface area contributed by atoms with Crippen LogP contribution in [0.4, 0.5) is 5.95 Å². The summed E-state index contributed by atoms with van der Waals surface area (Å²) in [6.45, 7) is 4.88. The second-order valence-electron chi connectivity index (χ2n) is 9.58. The summed E-state index contributed by atoms with van der Waals surface area (Å²) in [5.41, 5.74) is 7.19. The number of benzene rings is 1. The maximum atomic E-state index is 13.6. The molecule has 0 unspecified atom stereocenters. The lowest BCUT2D eigenvalue weighted by Crippen LogP contribution is -2.61. The highest BCUT2D eigenvalue weighted by atomic mass is 35.5. The fraction of sp³-hybridized carbons (Fsp3) is 0.480. The highest BCUT2D eigenvalue weighted by Gasteiger charge is 2.39. The molecule has 1 aliphatic heterocycles. The number of nitrogens with two attached hydrogens (primary N) is 1. The minimum absolute atomic E-state index is 0.0262. The number of anilines is 1. The first-order valence-electron chi connectivity index (χ1n) is 12.1. The number of amides is 1. The average molecular weight is 482 g/mol. The van der Waals surface area contributed by atoms with Crippen LogP contribution in [0.1, 0.15) is 42.5 Å². The van der Waals surface area contributed by atoms with E-state index in [1.165, 1.54) is 19.3 Å². The van der Waals surface area contributed by atoms with E-state index < -0.39 is 0 Å². The van der Waals surface area contributed by atoms with Crippen molar-refractivity contribution < 1.29 is 4.79 Å². The van der Waals surface area contributed by atoms with Gasteiger partial charge in [-0.15, -0.1) is 0 Å². The van der Waals surface area contributed by atoms with E-state index in [0.717, 1.165) is 49.9 Å². The lowest BCUT2D eigenvalue weighted by molar-refractivity contribution is 0.0139. The Labute approximate surface area is 205 Å². The maximum Gasteiger partial charge on any atom is 0.253 e. The number of rotatable bonds is 5. The summed E-state index contributed by atoms with van der Waals surface area (Å²) in [6.07, 6.45) is 9.35. The van der Waals surface area contributed by atoms with Crippen molar-refractivity contribution in [2.75, 3.05) is 45.5 Å². The molecule has 1 aliphatic carbocycles. The summed E-state index contributed by atoms with van der Waals surface area (Å²) in [6, 6.07) is 7.38. The van der Waals surface area contributed by atoms with Crippen LogP contribution in [-0.4, -0.2) is 75.6 Å². The van der Waals surface area contributed by atoms with Crippen LogP contribution < -0.4 is 11.1 Å². The van der Waals surface area contributed by atoms with Crippen molar-refractivity contribution in [1.82, 2.24) is 29.7 Å². The van der Waals surface area contributed by atoms with E-state index in [1.807, 2.05) is 22.8 Å². The Hall–Kier alpha value is -2.68. The number of likely N-dealkylation sites (N-methyl/N-ethyl adjacent to an activating group) is 1. The Bertz CT molecular complexity index is 1180. The molecule has 0 radical (unpaired) electrons. The molecule has 0 bridgehead atoms. The molecule has 1 saturated heterocycles. The van der Waals surface area contributed by atoms with E-state index in [-0.39, 0.29) is 17.4 Å². The van der Waals surface area contributed by atoms with Crippen molar-refractivity contribution in [3.8, 4) is 5.82 Å². The highest BCUT2D eigenvalue weighted by molar-refractivity contribution is 6.37. The molecule has 1 aromatic carbocycles. The molecule has 3 aromatic rings. The van der Waals surface area contributed by atoms with Crippen molar-refractivity contribution in [1.29, 1.82) is 0 Å². The van der Waals surface area contributed by atoms with E-state index in [9.17, 15) is 4.79 Å². The van der Waals surface area contributed by atoms with Crippen LogP contribution in [0.3, 0.4) is 0 Å². The zero-order valence-electron chi connectivity index (χ0n) is 19.6. The molecule has 0 spiro atoms. The van der Waals surface area contributed by atoms with Crippen molar-refractivity contribution in [2.45, 2.75) is 37.6 Å². The van der Waals surface area contributed by atoms with Gasteiger partial charge in [0.15, 0.2) is 0 Å². The van der Waals surface area contributed by atoms with E-state index in [0.29, 0.717) is 22.9 Å². The Morgan fingerprint density at radius 1 is 1.15 bits per heavy atom. The molecule has 34 heavy (non-hydrogen) atoms. The average Bonchev–Trinajstić information content (AvgIpc) is 3.25. The smallest absolute Gasteiger partial charge is 0.253 e. The van der Waals surface area contributed by atoms with Crippen molar-refractivity contribution in [2.24, 2.45) is 0 Å². The normalized spacial score (nSPS) is 19.4. The second-order valence-corrected chi connectivity index (χ2v) is 9.98. The predicted octanol–water partition coefficient (Wildman–Crippen LogP) is 3.34. The van der Waals surface area contributed by atoms with Gasteiger partial charge in [0.05, 0.1) is 16.1 Å². The number of carbonyl (C=O) groups excluding carboxylic acids is 1. The Morgan fingerprint density at radius 2 is 1.91 bits per heavy atom. The quantitative estimate of drug-likeness (QED) is 0.580. The van der Waals surface area contributed by atoms with Crippen molar-refractivity contribution in [3.63, 3.8) is 0 Å². The van der Waals surface area contributed by atoms with E-state index in [4.69, 9.17) is 17.3 Å². The monoisotopic (exact) mass is 481 g/mol. The maximum absolute atomic E-state index is 13.6. The van der Waals surface area contributed by atoms with Gasteiger partial charge in [0, 0.05) is 56.0 Å². The summed E-state index contributed by atoms with van der Waals surface area (Å²) >= 11 is 6.59. The van der Waals surface area contributed by atoms with Gasteiger partial charge < -0.3 is 20.5 Å². The van der Waals surface area contributed by atoms with Gasteiger partial charge in [0.25, 0.3) is 5.91 Å². The number of nitrogen functional groups attached to an aromatic ring is 1. The Kier molecular flexibility index (Phi) is 6.46. The number of aromatic nitrogens is 3. The molecule has 2 fully saturated rings. The van der Waals surface area contributed by atoms with Crippen LogP contribution in [0.5, 0.6) is 0 Å². The molecule has 1 amide bonds. The fourth-order valence-electron chi connectivity index (χ4n) is 5.54. The first-order valence-corrected chi connectivity index (χ1v) is 12.4. The fourth-order valence-corrected chi connectivity index (χ4v) is 5.81. The second kappa shape index (κ2) is 9.52. The van der Waals surface area contributed by atoms with Gasteiger partial charge >= 0.3 is 0 Å². The van der Waals surface area contributed by atoms with Crippen LogP contribution in [0, 0.1) is 0 Å². The standard InChI is InChI=1S/C25H32ClN7O/c1-31-12-14-32(15-13-31)25(9-3-2-4-10-25)17-29-23(34)18-16-33(21-8-11-28-24(27)30-21)20-7-5-6-19(26)22(18)20/h5-8,11,16H,2-4,9-10,12-15,17H2,1H3,(H,29,34)(H2,27,28,30). The molecule has 0 atom stereocenters. The third-order valence-electron chi connectivity index (χ3n) is 7.47. The predicted molar refractivity (Wildman–Crippen MR) is 136 cm³/mol. The number of hydrogen-bond acceptors (Lipinski definition) is 6. The number of carbonyl (C=O) groups is 1. The summed E-state index contributed by atoms with van der Waals surface area (Å²) < 4.78 is 1.85. The molecule has 1 saturated carbocycles. The summed E-state index contributed by atoms with van der Waals surface area (Å²) in [7, 11) is 2.18. The molecule has 5 rings (SSSR count). The third-order valence-corrected chi connectivity index (χ3v) is 7.78. The number of hydrogen-bond donors (Lipinski definition) is 2. The SMILES string of the molecule is CN1CCN(C2(CNC(=O)c3cn(-c4ccnc(N)n4)c4cccc(Cl)c34)CCCCC2)CC1. The van der Waals surface area contributed by atoms with E-state index in [1.54, 1.807) is 18.5 Å². The van der Waals surface area contributed by atoms with Gasteiger partial charge in [-0.05, 0) is 38.1 Å². The van der Waals surface area contributed by atoms with Crippen LogP contribution >= 0.6 is 11.6 Å². The molecular formula is C25H32ClN7O. The minimum Gasteiger partial charge on any atom is -0.368 e. The number of nitrogens with one attached hydrogen (secondary N) is 1. The number of piperazine rings is 1. The zero-order chi connectivity index (χ0) is 23.7.